The molecule has 0 bridgehead atoms. The zero-order chi connectivity index (χ0) is 13.4. The molecule has 0 saturated carbocycles. The van der Waals surface area contributed by atoms with Crippen LogP contribution in [0.15, 0.2) is 22.7 Å². The van der Waals surface area contributed by atoms with Crippen molar-refractivity contribution in [2.75, 3.05) is 33.5 Å². The first-order valence-corrected chi connectivity index (χ1v) is 6.61. The number of nitrogens with one attached hydrogen (secondary N) is 1. The van der Waals surface area contributed by atoms with Gasteiger partial charge in [0.2, 0.25) is 0 Å². The fraction of sp³-hybridized carbons (Fsp3) is 0.417. The molecule has 100 valence electrons. The van der Waals surface area contributed by atoms with Crippen LogP contribution >= 0.6 is 27.5 Å². The van der Waals surface area contributed by atoms with Crippen LogP contribution in [0.1, 0.15) is 10.4 Å². The van der Waals surface area contributed by atoms with Gasteiger partial charge in [-0.2, -0.15) is 0 Å². The number of methoxy groups -OCH3 is 1. The molecule has 0 aliphatic rings. The SMILES string of the molecule is COCCOCCNC(=O)c1cc(Cl)cc(Br)c1. The Morgan fingerprint density at radius 3 is 2.78 bits per heavy atom. The monoisotopic (exact) mass is 335 g/mol. The molecule has 0 aliphatic carbocycles. The standard InChI is InChI=1S/C12H15BrClNO3/c1-17-4-5-18-3-2-15-12(16)9-6-10(13)8-11(14)7-9/h6-8H,2-5H2,1H3,(H,15,16). The number of hydrogen-bond acceptors (Lipinski definition) is 3. The number of carbonyl (C=O) groups excluding carboxylic acids is 1. The predicted molar refractivity (Wildman–Crippen MR) is 74.2 cm³/mol. The van der Waals surface area contributed by atoms with E-state index in [2.05, 4.69) is 21.2 Å². The van der Waals surface area contributed by atoms with Crippen molar-refractivity contribution in [1.82, 2.24) is 5.32 Å². The molecular weight excluding hydrogens is 321 g/mol. The predicted octanol–water partition coefficient (Wildman–Crippen LogP) is 2.50. The molecule has 18 heavy (non-hydrogen) atoms. The van der Waals surface area contributed by atoms with Crippen molar-refractivity contribution in [3.8, 4) is 0 Å². The molecule has 0 aliphatic heterocycles. The van der Waals surface area contributed by atoms with Crippen molar-refractivity contribution < 1.29 is 14.3 Å². The summed E-state index contributed by atoms with van der Waals surface area (Å²) in [4.78, 5) is 11.8. The topological polar surface area (TPSA) is 47.6 Å². The van der Waals surface area contributed by atoms with Gasteiger partial charge < -0.3 is 14.8 Å². The minimum Gasteiger partial charge on any atom is -0.382 e. The van der Waals surface area contributed by atoms with Crippen LogP contribution in [0.2, 0.25) is 5.02 Å². The van der Waals surface area contributed by atoms with Crippen LogP contribution in [-0.2, 0) is 9.47 Å². The van der Waals surface area contributed by atoms with Crippen LogP contribution in [0.5, 0.6) is 0 Å². The van der Waals surface area contributed by atoms with Crippen molar-refractivity contribution in [2.45, 2.75) is 0 Å². The van der Waals surface area contributed by atoms with Gasteiger partial charge in [-0.05, 0) is 18.2 Å². The van der Waals surface area contributed by atoms with Gasteiger partial charge in [0.15, 0.2) is 0 Å². The molecule has 0 fully saturated rings. The summed E-state index contributed by atoms with van der Waals surface area (Å²) in [5, 5.41) is 3.27. The van der Waals surface area contributed by atoms with Crippen LogP contribution < -0.4 is 5.32 Å². The number of carbonyl (C=O) groups is 1. The second-order valence-corrected chi connectivity index (χ2v) is 4.87. The Bertz CT molecular complexity index is 381. The van der Waals surface area contributed by atoms with Gasteiger partial charge in [-0.1, -0.05) is 27.5 Å². The van der Waals surface area contributed by atoms with E-state index < -0.39 is 0 Å². The average Bonchev–Trinajstić information content (AvgIpc) is 2.32. The molecule has 0 unspecified atom stereocenters. The molecule has 1 amide bonds. The van der Waals surface area contributed by atoms with E-state index in [1.807, 2.05) is 0 Å². The zero-order valence-corrected chi connectivity index (χ0v) is 12.4. The Morgan fingerprint density at radius 1 is 1.33 bits per heavy atom. The number of rotatable bonds is 7. The summed E-state index contributed by atoms with van der Waals surface area (Å²) in [7, 11) is 1.61. The van der Waals surface area contributed by atoms with Gasteiger partial charge in [-0.15, -0.1) is 0 Å². The molecule has 0 radical (unpaired) electrons. The molecular formula is C12H15BrClNO3. The van der Waals surface area contributed by atoms with Crippen LogP contribution in [0.3, 0.4) is 0 Å². The summed E-state index contributed by atoms with van der Waals surface area (Å²) in [5.74, 6) is -0.173. The van der Waals surface area contributed by atoms with Gasteiger partial charge in [0.05, 0.1) is 19.8 Å². The van der Waals surface area contributed by atoms with Gasteiger partial charge in [0.1, 0.15) is 0 Å². The Balaban J connectivity index is 2.32. The number of ether oxygens (including phenoxy) is 2. The first-order valence-electron chi connectivity index (χ1n) is 5.44. The quantitative estimate of drug-likeness (QED) is 0.778. The highest BCUT2D eigenvalue weighted by atomic mass is 79.9. The Labute approximate surface area is 120 Å². The summed E-state index contributed by atoms with van der Waals surface area (Å²) in [5.41, 5.74) is 0.520. The minimum atomic E-state index is -0.173. The highest BCUT2D eigenvalue weighted by Gasteiger charge is 2.06. The van der Waals surface area contributed by atoms with Gasteiger partial charge in [0, 0.05) is 28.7 Å². The number of hydrogen-bond donors (Lipinski definition) is 1. The lowest BCUT2D eigenvalue weighted by atomic mass is 10.2. The summed E-state index contributed by atoms with van der Waals surface area (Å²) in [6.07, 6.45) is 0. The van der Waals surface area contributed by atoms with Crippen LogP contribution in [0.4, 0.5) is 0 Å². The highest BCUT2D eigenvalue weighted by molar-refractivity contribution is 9.10. The van der Waals surface area contributed by atoms with E-state index in [9.17, 15) is 4.79 Å². The maximum absolute atomic E-state index is 11.8. The molecule has 6 heteroatoms. The van der Waals surface area contributed by atoms with Crippen LogP contribution in [0.25, 0.3) is 0 Å². The molecule has 1 N–H and O–H groups in total. The lowest BCUT2D eigenvalue weighted by molar-refractivity contribution is 0.0692. The average molecular weight is 337 g/mol. The van der Waals surface area contributed by atoms with Crippen LogP contribution in [-0.4, -0.2) is 39.4 Å². The normalized spacial score (nSPS) is 10.4. The fourth-order valence-electron chi connectivity index (χ4n) is 1.27. The summed E-state index contributed by atoms with van der Waals surface area (Å²) in [6, 6.07) is 5.06. The van der Waals surface area contributed by atoms with Crippen molar-refractivity contribution >= 4 is 33.4 Å². The zero-order valence-electron chi connectivity index (χ0n) is 10.0. The van der Waals surface area contributed by atoms with E-state index in [1.54, 1.807) is 25.3 Å². The Kier molecular flexibility index (Phi) is 7.27. The first kappa shape index (κ1) is 15.4. The second kappa shape index (κ2) is 8.48. The van der Waals surface area contributed by atoms with Gasteiger partial charge in [0.25, 0.3) is 5.91 Å². The third-order valence-electron chi connectivity index (χ3n) is 2.09. The van der Waals surface area contributed by atoms with Gasteiger partial charge in [-0.25, -0.2) is 0 Å². The number of amides is 1. The van der Waals surface area contributed by atoms with Crippen molar-refractivity contribution in [2.24, 2.45) is 0 Å². The van der Waals surface area contributed by atoms with E-state index in [4.69, 9.17) is 21.1 Å². The van der Waals surface area contributed by atoms with Crippen molar-refractivity contribution in [1.29, 1.82) is 0 Å². The van der Waals surface area contributed by atoms with E-state index in [0.717, 1.165) is 4.47 Å². The fourth-order valence-corrected chi connectivity index (χ4v) is 2.13. The van der Waals surface area contributed by atoms with E-state index in [-0.39, 0.29) is 5.91 Å². The molecule has 0 atom stereocenters. The smallest absolute Gasteiger partial charge is 0.251 e. The molecule has 0 spiro atoms. The molecule has 1 aromatic carbocycles. The number of halogens is 2. The summed E-state index contributed by atoms with van der Waals surface area (Å²) < 4.78 is 10.8. The summed E-state index contributed by atoms with van der Waals surface area (Å²) in [6.45, 7) is 1.98. The molecule has 1 rings (SSSR count). The second-order valence-electron chi connectivity index (χ2n) is 3.52. The maximum Gasteiger partial charge on any atom is 0.251 e. The molecule has 1 aromatic rings. The lowest BCUT2D eigenvalue weighted by Gasteiger charge is -2.07. The van der Waals surface area contributed by atoms with Crippen molar-refractivity contribution in [3.05, 3.63) is 33.3 Å². The third kappa shape index (κ3) is 5.82. The van der Waals surface area contributed by atoms with Crippen LogP contribution in [0, 0.1) is 0 Å². The molecule has 4 nitrogen and oxygen atoms in total. The van der Waals surface area contributed by atoms with E-state index in [1.165, 1.54) is 0 Å². The molecule has 0 aromatic heterocycles. The van der Waals surface area contributed by atoms with E-state index >= 15 is 0 Å². The molecule has 0 heterocycles. The largest absolute Gasteiger partial charge is 0.382 e. The lowest BCUT2D eigenvalue weighted by Crippen LogP contribution is -2.27. The minimum absolute atomic E-state index is 0.173. The maximum atomic E-state index is 11.8. The Hall–Kier alpha value is -0.620. The molecule has 0 saturated heterocycles. The Morgan fingerprint density at radius 2 is 2.11 bits per heavy atom. The highest BCUT2D eigenvalue weighted by Crippen LogP contribution is 2.19. The van der Waals surface area contributed by atoms with Crippen molar-refractivity contribution in [3.63, 3.8) is 0 Å². The number of benzene rings is 1. The summed E-state index contributed by atoms with van der Waals surface area (Å²) >= 11 is 9.15. The van der Waals surface area contributed by atoms with Gasteiger partial charge in [-0.3, -0.25) is 4.79 Å². The first-order chi connectivity index (χ1) is 8.63. The van der Waals surface area contributed by atoms with Gasteiger partial charge >= 0.3 is 0 Å². The third-order valence-corrected chi connectivity index (χ3v) is 2.76. The van der Waals surface area contributed by atoms with E-state index in [0.29, 0.717) is 37.0 Å².